The molecule has 12 rings (SSSR count). The summed E-state index contributed by atoms with van der Waals surface area (Å²) in [6, 6.07) is 75.1. The third kappa shape index (κ3) is 6.10. The minimum absolute atomic E-state index is 0.0601. The summed E-state index contributed by atoms with van der Waals surface area (Å²) in [5.41, 5.74) is 15.8. The predicted octanol–water partition coefficient (Wildman–Crippen LogP) is 12.1. The van der Waals surface area contributed by atoms with E-state index in [-0.39, 0.29) is 12.2 Å². The van der Waals surface area contributed by atoms with Crippen molar-refractivity contribution in [2.75, 3.05) is 0 Å². The van der Waals surface area contributed by atoms with Crippen molar-refractivity contribution in [3.8, 4) is 22.5 Å². The molecule has 2 aromatic heterocycles. The first-order valence-corrected chi connectivity index (χ1v) is 21.7. The van der Waals surface area contributed by atoms with Gasteiger partial charge in [-0.05, 0) is 101 Å². The third-order valence-electron chi connectivity index (χ3n) is 12.9. The Morgan fingerprint density at radius 1 is 0.468 bits per heavy atom. The van der Waals surface area contributed by atoms with Crippen molar-refractivity contribution in [3.63, 3.8) is 0 Å². The highest BCUT2D eigenvalue weighted by Crippen LogP contribution is 2.38. The topological polar surface area (TPSA) is 33.9 Å². The van der Waals surface area contributed by atoms with Crippen LogP contribution in [0.3, 0.4) is 0 Å². The number of rotatable bonds is 7. The van der Waals surface area contributed by atoms with Gasteiger partial charge in [0.1, 0.15) is 6.17 Å². The Hall–Kier alpha value is -7.66. The lowest BCUT2D eigenvalue weighted by atomic mass is 9.94. The number of aromatic nitrogens is 2. The van der Waals surface area contributed by atoms with E-state index in [1.54, 1.807) is 0 Å². The van der Waals surface area contributed by atoms with E-state index in [9.17, 15) is 0 Å². The summed E-state index contributed by atoms with van der Waals surface area (Å²) in [7, 11) is 0. The van der Waals surface area contributed by atoms with Gasteiger partial charge in [-0.1, -0.05) is 164 Å². The maximum Gasteiger partial charge on any atom is 0.104 e. The quantitative estimate of drug-likeness (QED) is 0.168. The molecule has 0 bridgehead atoms. The van der Waals surface area contributed by atoms with Crippen LogP contribution in [0.25, 0.3) is 72.6 Å². The molecule has 62 heavy (non-hydrogen) atoms. The van der Waals surface area contributed by atoms with Gasteiger partial charge in [-0.15, -0.1) is 0 Å². The Bertz CT molecular complexity index is 3470. The van der Waals surface area contributed by atoms with E-state index in [1.165, 1.54) is 93.6 Å². The minimum atomic E-state index is -0.0847. The van der Waals surface area contributed by atoms with E-state index >= 15 is 0 Å². The molecular weight excluding hydrogens is 753 g/mol. The van der Waals surface area contributed by atoms with Gasteiger partial charge >= 0.3 is 0 Å². The van der Waals surface area contributed by atoms with Crippen LogP contribution in [0.1, 0.15) is 47.3 Å². The van der Waals surface area contributed by atoms with Gasteiger partial charge in [0.25, 0.3) is 0 Å². The van der Waals surface area contributed by atoms with E-state index in [2.05, 4.69) is 238 Å². The average Bonchev–Trinajstić information content (AvgIpc) is 3.87. The molecular formula is C58H44N4. The number of nitrogens with one attached hydrogen (secondary N) is 2. The molecule has 3 heterocycles. The van der Waals surface area contributed by atoms with Crippen molar-refractivity contribution in [1.29, 1.82) is 0 Å². The maximum atomic E-state index is 3.90. The molecule has 1 aliphatic heterocycles. The summed E-state index contributed by atoms with van der Waals surface area (Å²) in [5, 5.41) is 14.2. The summed E-state index contributed by atoms with van der Waals surface area (Å²) >= 11 is 0. The monoisotopic (exact) mass is 796 g/mol. The largest absolute Gasteiger partial charge is 0.366 e. The first-order chi connectivity index (χ1) is 30.8. The third-order valence-corrected chi connectivity index (χ3v) is 12.9. The summed E-state index contributed by atoms with van der Waals surface area (Å²) in [4.78, 5) is 0. The molecule has 10 aromatic rings. The van der Waals surface area contributed by atoms with Crippen LogP contribution >= 0.6 is 0 Å². The number of para-hydroxylation sites is 4. The smallest absolute Gasteiger partial charge is 0.104 e. The number of benzene rings is 8. The number of hydrogen-bond donors (Lipinski definition) is 2. The van der Waals surface area contributed by atoms with Crippen LogP contribution in [-0.2, 0) is 0 Å². The van der Waals surface area contributed by atoms with Crippen molar-refractivity contribution in [1.82, 2.24) is 19.8 Å². The van der Waals surface area contributed by atoms with Crippen molar-refractivity contribution in [3.05, 3.63) is 245 Å². The van der Waals surface area contributed by atoms with Crippen LogP contribution in [0.4, 0.5) is 0 Å². The zero-order valence-electron chi connectivity index (χ0n) is 34.2. The highest BCUT2D eigenvalue weighted by atomic mass is 15.2. The van der Waals surface area contributed by atoms with Gasteiger partial charge < -0.3 is 14.5 Å². The molecule has 2 unspecified atom stereocenters. The van der Waals surface area contributed by atoms with Gasteiger partial charge in [0.2, 0.25) is 0 Å². The van der Waals surface area contributed by atoms with Crippen LogP contribution in [-0.4, -0.2) is 9.13 Å². The summed E-state index contributed by atoms with van der Waals surface area (Å²) in [6.45, 7) is 0. The van der Waals surface area contributed by atoms with E-state index in [1.807, 2.05) is 0 Å². The molecule has 8 aromatic carbocycles. The van der Waals surface area contributed by atoms with E-state index < -0.39 is 0 Å². The number of nitrogens with zero attached hydrogens (tertiary/aromatic N) is 2. The Balaban J connectivity index is 0.987. The second kappa shape index (κ2) is 15.1. The van der Waals surface area contributed by atoms with Gasteiger partial charge in [0.05, 0.1) is 33.6 Å². The second-order valence-corrected chi connectivity index (χ2v) is 16.5. The van der Waals surface area contributed by atoms with Crippen molar-refractivity contribution in [2.24, 2.45) is 0 Å². The van der Waals surface area contributed by atoms with Crippen molar-refractivity contribution < 1.29 is 0 Å². The molecule has 2 N–H and O–H groups in total. The average molecular weight is 797 g/mol. The molecule has 2 atom stereocenters. The standard InChI is InChI=1S/C58H44N4/c1-4-18-39(19-5-1)51-38-52(40-20-6-2-7-21-40)60-58(59-51)43-23-16-22-41(36-43)42-34-35-56-50(37-42)47-28-12-15-33-55(47)62(56)54-32-14-11-27-46(54)49-30-17-29-48-45-26-10-13-31-53(45)61(57(48)49)44-24-8-3-9-25-44/h1-16,18-29,31-38,51,58-60H,17,30H2. The van der Waals surface area contributed by atoms with Crippen molar-refractivity contribution >= 4 is 50.1 Å². The Kier molecular flexibility index (Phi) is 8.83. The van der Waals surface area contributed by atoms with E-state index in [0.29, 0.717) is 0 Å². The van der Waals surface area contributed by atoms with Crippen LogP contribution in [0.15, 0.2) is 212 Å². The zero-order chi connectivity index (χ0) is 41.0. The summed E-state index contributed by atoms with van der Waals surface area (Å²) < 4.78 is 4.98. The summed E-state index contributed by atoms with van der Waals surface area (Å²) in [5.74, 6) is 0. The molecule has 0 amide bonds. The van der Waals surface area contributed by atoms with Gasteiger partial charge in [-0.25, -0.2) is 0 Å². The van der Waals surface area contributed by atoms with E-state index in [4.69, 9.17) is 0 Å². The molecule has 0 radical (unpaired) electrons. The Labute approximate surface area is 361 Å². The van der Waals surface area contributed by atoms with Gasteiger partial charge in [0, 0.05) is 38.3 Å². The Morgan fingerprint density at radius 2 is 1.10 bits per heavy atom. The second-order valence-electron chi connectivity index (χ2n) is 16.5. The van der Waals surface area contributed by atoms with Crippen LogP contribution in [0, 0.1) is 0 Å². The molecule has 296 valence electrons. The lowest BCUT2D eigenvalue weighted by Gasteiger charge is -2.33. The lowest BCUT2D eigenvalue weighted by Crippen LogP contribution is -2.39. The molecule has 4 heteroatoms. The van der Waals surface area contributed by atoms with Gasteiger partial charge in [-0.2, -0.15) is 0 Å². The Morgan fingerprint density at radius 3 is 1.92 bits per heavy atom. The van der Waals surface area contributed by atoms with Gasteiger partial charge in [-0.3, -0.25) is 5.32 Å². The van der Waals surface area contributed by atoms with Crippen LogP contribution in [0.5, 0.6) is 0 Å². The molecule has 0 spiro atoms. The van der Waals surface area contributed by atoms with Crippen LogP contribution in [0.2, 0.25) is 0 Å². The highest BCUT2D eigenvalue weighted by Gasteiger charge is 2.25. The lowest BCUT2D eigenvalue weighted by molar-refractivity contribution is 0.443. The fourth-order valence-electron chi connectivity index (χ4n) is 10.1. The molecule has 0 saturated carbocycles. The first kappa shape index (κ1) is 36.2. The molecule has 1 aliphatic carbocycles. The fraction of sp³-hybridized carbons (Fsp3) is 0.0690. The molecule has 2 aliphatic rings. The predicted molar refractivity (Wildman–Crippen MR) is 258 cm³/mol. The zero-order valence-corrected chi connectivity index (χ0v) is 34.2. The highest BCUT2D eigenvalue weighted by molar-refractivity contribution is 6.11. The minimum Gasteiger partial charge on any atom is -0.366 e. The molecule has 0 saturated heterocycles. The normalized spacial score (nSPS) is 16.2. The first-order valence-electron chi connectivity index (χ1n) is 21.7. The van der Waals surface area contributed by atoms with Crippen molar-refractivity contribution in [2.45, 2.75) is 25.0 Å². The maximum absolute atomic E-state index is 3.90. The number of hydrogen-bond acceptors (Lipinski definition) is 2. The number of fused-ring (bicyclic) bond motifs is 6. The molecule has 0 fully saturated rings. The fourth-order valence-corrected chi connectivity index (χ4v) is 10.1. The van der Waals surface area contributed by atoms with E-state index in [0.717, 1.165) is 18.5 Å². The SMILES string of the molecule is C1=C(c2ccccc2)NC(c2cccc(-c3ccc4c(c3)c3ccccc3n4-c3ccccc3C3=c4c(c5ccccc5n4-c4ccccc4)=CCC3)c2)NC1c1ccccc1. The van der Waals surface area contributed by atoms with Gasteiger partial charge in [0.15, 0.2) is 0 Å². The molecule has 4 nitrogen and oxygen atoms in total. The summed E-state index contributed by atoms with van der Waals surface area (Å²) in [6.07, 6.45) is 6.63. The van der Waals surface area contributed by atoms with Crippen LogP contribution < -0.4 is 21.2 Å².